The second-order valence-electron chi connectivity index (χ2n) is 5.55. The molecule has 1 heterocycles. The zero-order valence-corrected chi connectivity index (χ0v) is 14.7. The highest BCUT2D eigenvalue weighted by Crippen LogP contribution is 2.64. The van der Waals surface area contributed by atoms with E-state index in [1.54, 1.807) is 18.4 Å². The number of hydrogen-bond donors (Lipinski definition) is 1. The number of anilines is 1. The molecule has 0 aliphatic heterocycles. The monoisotopic (exact) mass is 374 g/mol. The number of nitrogens with one attached hydrogen (secondary N) is 1. The second kappa shape index (κ2) is 5.61. The molecule has 1 amide bonds. The first-order chi connectivity index (χ1) is 10.8. The normalized spacial score (nSPS) is 21.8. The Labute approximate surface area is 146 Å². The van der Waals surface area contributed by atoms with Crippen LogP contribution in [0.1, 0.15) is 13.3 Å². The van der Waals surface area contributed by atoms with Crippen molar-refractivity contribution in [3.8, 4) is 17.0 Å². The summed E-state index contributed by atoms with van der Waals surface area (Å²) in [6.45, 7) is 1.70. The van der Waals surface area contributed by atoms with Crippen molar-refractivity contribution in [3.63, 3.8) is 0 Å². The van der Waals surface area contributed by atoms with E-state index in [0.29, 0.717) is 22.8 Å². The summed E-state index contributed by atoms with van der Waals surface area (Å²) in [6, 6.07) is 4.57. The van der Waals surface area contributed by atoms with Gasteiger partial charge in [-0.3, -0.25) is 4.79 Å². The van der Waals surface area contributed by atoms with Crippen molar-refractivity contribution < 1.29 is 13.9 Å². The van der Waals surface area contributed by atoms with E-state index in [0.717, 1.165) is 0 Å². The predicted molar refractivity (Wildman–Crippen MR) is 89.9 cm³/mol. The van der Waals surface area contributed by atoms with Crippen molar-refractivity contribution in [2.24, 2.45) is 5.41 Å². The number of thiazole rings is 1. The van der Waals surface area contributed by atoms with Crippen LogP contribution >= 0.6 is 34.5 Å². The van der Waals surface area contributed by atoms with E-state index in [2.05, 4.69) is 10.3 Å². The van der Waals surface area contributed by atoms with Crippen molar-refractivity contribution in [3.05, 3.63) is 29.4 Å². The molecule has 2 aromatic rings. The SMILES string of the molecule is COc1ccc(-c2csc(NC(=O)C3(C)CC3(Cl)Cl)n2)cc1F. The van der Waals surface area contributed by atoms with E-state index in [1.807, 2.05) is 0 Å². The molecule has 1 aromatic carbocycles. The lowest BCUT2D eigenvalue weighted by Gasteiger charge is -2.10. The smallest absolute Gasteiger partial charge is 0.235 e. The van der Waals surface area contributed by atoms with E-state index in [9.17, 15) is 9.18 Å². The van der Waals surface area contributed by atoms with Gasteiger partial charge in [0.05, 0.1) is 18.2 Å². The third kappa shape index (κ3) is 2.91. The highest BCUT2D eigenvalue weighted by molar-refractivity contribution is 7.14. The van der Waals surface area contributed by atoms with Crippen LogP contribution in [0.2, 0.25) is 0 Å². The van der Waals surface area contributed by atoms with Gasteiger partial charge in [0.25, 0.3) is 0 Å². The van der Waals surface area contributed by atoms with Crippen LogP contribution in [0.15, 0.2) is 23.6 Å². The first-order valence-electron chi connectivity index (χ1n) is 6.75. The molecule has 1 fully saturated rings. The molecule has 0 radical (unpaired) electrons. The number of amides is 1. The highest BCUT2D eigenvalue weighted by atomic mass is 35.5. The minimum Gasteiger partial charge on any atom is -0.494 e. The number of rotatable bonds is 4. The van der Waals surface area contributed by atoms with Gasteiger partial charge < -0.3 is 10.1 Å². The summed E-state index contributed by atoms with van der Waals surface area (Å²) in [6.07, 6.45) is 0.400. The number of hydrogen-bond acceptors (Lipinski definition) is 4. The van der Waals surface area contributed by atoms with Gasteiger partial charge >= 0.3 is 0 Å². The summed E-state index contributed by atoms with van der Waals surface area (Å²) in [7, 11) is 1.40. The van der Waals surface area contributed by atoms with Gasteiger partial charge in [0.1, 0.15) is 4.33 Å². The number of alkyl halides is 2. The number of aromatic nitrogens is 1. The summed E-state index contributed by atoms with van der Waals surface area (Å²) in [5.41, 5.74) is 0.353. The van der Waals surface area contributed by atoms with Crippen molar-refractivity contribution >= 4 is 45.6 Å². The molecule has 0 spiro atoms. The zero-order chi connectivity index (χ0) is 16.8. The van der Waals surface area contributed by atoms with Crippen LogP contribution in [0.5, 0.6) is 5.75 Å². The summed E-state index contributed by atoms with van der Waals surface area (Å²) >= 11 is 13.2. The Morgan fingerprint density at radius 2 is 2.17 bits per heavy atom. The maximum Gasteiger partial charge on any atom is 0.235 e. The van der Waals surface area contributed by atoms with Crippen molar-refractivity contribution in [2.75, 3.05) is 12.4 Å². The fraction of sp³-hybridized carbons (Fsp3) is 0.333. The third-order valence-electron chi connectivity index (χ3n) is 3.93. The Morgan fingerprint density at radius 1 is 1.48 bits per heavy atom. The van der Waals surface area contributed by atoms with Crippen LogP contribution in [0.3, 0.4) is 0 Å². The van der Waals surface area contributed by atoms with Gasteiger partial charge in [0.15, 0.2) is 16.7 Å². The highest BCUT2D eigenvalue weighted by Gasteiger charge is 2.68. The number of ether oxygens (including phenoxy) is 1. The second-order valence-corrected chi connectivity index (χ2v) is 7.90. The molecule has 1 atom stereocenters. The van der Waals surface area contributed by atoms with Crippen LogP contribution in [0.25, 0.3) is 11.3 Å². The van der Waals surface area contributed by atoms with E-state index in [4.69, 9.17) is 27.9 Å². The molecule has 1 aromatic heterocycles. The van der Waals surface area contributed by atoms with E-state index >= 15 is 0 Å². The number of methoxy groups -OCH3 is 1. The first-order valence-corrected chi connectivity index (χ1v) is 8.39. The maximum absolute atomic E-state index is 13.8. The fourth-order valence-corrected chi connectivity index (χ4v) is 3.59. The molecular weight excluding hydrogens is 362 g/mol. The van der Waals surface area contributed by atoms with Crippen molar-refractivity contribution in [1.29, 1.82) is 0 Å². The standard InChI is InChI=1S/C15H13Cl2FN2O2S/c1-14(7-15(14,16)17)12(21)20-13-19-10(6-23-13)8-3-4-11(22-2)9(18)5-8/h3-6H,7H2,1-2H3,(H,19,20,21). The van der Waals surface area contributed by atoms with E-state index in [1.165, 1.54) is 30.6 Å². The Bertz CT molecular complexity index is 781. The molecule has 1 saturated carbocycles. The van der Waals surface area contributed by atoms with E-state index < -0.39 is 15.6 Å². The first kappa shape index (κ1) is 16.5. The van der Waals surface area contributed by atoms with Gasteiger partial charge in [0.2, 0.25) is 5.91 Å². The molecule has 0 bridgehead atoms. The Kier molecular flexibility index (Phi) is 4.02. The van der Waals surface area contributed by atoms with Gasteiger partial charge in [-0.05, 0) is 31.5 Å². The number of nitrogens with zero attached hydrogens (tertiary/aromatic N) is 1. The topological polar surface area (TPSA) is 51.2 Å². The molecule has 4 nitrogen and oxygen atoms in total. The fourth-order valence-electron chi connectivity index (χ4n) is 2.17. The van der Waals surface area contributed by atoms with Crippen molar-refractivity contribution in [1.82, 2.24) is 4.98 Å². The Hall–Kier alpha value is -1.37. The van der Waals surface area contributed by atoms with Crippen molar-refractivity contribution in [2.45, 2.75) is 17.7 Å². The average Bonchev–Trinajstić information content (AvgIpc) is 2.85. The average molecular weight is 375 g/mol. The lowest BCUT2D eigenvalue weighted by molar-refractivity contribution is -0.120. The molecule has 3 rings (SSSR count). The molecule has 0 saturated heterocycles. The number of carbonyl (C=O) groups is 1. The third-order valence-corrected chi connectivity index (χ3v) is 5.79. The number of benzene rings is 1. The minimum absolute atomic E-state index is 0.166. The molecule has 1 aliphatic rings. The molecule has 1 unspecified atom stereocenters. The molecule has 23 heavy (non-hydrogen) atoms. The van der Waals surface area contributed by atoms with Gasteiger partial charge in [-0.15, -0.1) is 34.5 Å². The molecule has 122 valence electrons. The van der Waals surface area contributed by atoms with Gasteiger partial charge in [0, 0.05) is 10.9 Å². The quantitative estimate of drug-likeness (QED) is 0.802. The molecule has 8 heteroatoms. The van der Waals surface area contributed by atoms with Gasteiger partial charge in [-0.1, -0.05) is 0 Å². The largest absolute Gasteiger partial charge is 0.494 e. The van der Waals surface area contributed by atoms with Gasteiger partial charge in [-0.2, -0.15) is 0 Å². The lowest BCUT2D eigenvalue weighted by Crippen LogP contribution is -2.25. The summed E-state index contributed by atoms with van der Waals surface area (Å²) in [5.74, 6) is -0.577. The Balaban J connectivity index is 1.76. The maximum atomic E-state index is 13.8. The molecular formula is C15H13Cl2FN2O2S. The summed E-state index contributed by atoms with van der Waals surface area (Å²) in [5, 5.41) is 4.86. The Morgan fingerprint density at radius 3 is 2.74 bits per heavy atom. The predicted octanol–water partition coefficient (Wildman–Crippen LogP) is 4.48. The van der Waals surface area contributed by atoms with Crippen LogP contribution < -0.4 is 10.1 Å². The summed E-state index contributed by atoms with van der Waals surface area (Å²) in [4.78, 5) is 16.5. The van der Waals surface area contributed by atoms with Crippen LogP contribution in [-0.4, -0.2) is 22.3 Å². The van der Waals surface area contributed by atoms with Crippen LogP contribution in [0.4, 0.5) is 9.52 Å². The molecule has 1 aliphatic carbocycles. The molecule has 1 N–H and O–H groups in total. The number of halogens is 3. The lowest BCUT2D eigenvalue weighted by atomic mass is 10.1. The number of carbonyl (C=O) groups excluding carboxylic acids is 1. The minimum atomic E-state index is -1.03. The van der Waals surface area contributed by atoms with Crippen LogP contribution in [-0.2, 0) is 4.79 Å². The van der Waals surface area contributed by atoms with E-state index in [-0.39, 0.29) is 11.7 Å². The van der Waals surface area contributed by atoms with Crippen LogP contribution in [0, 0.1) is 11.2 Å². The van der Waals surface area contributed by atoms with Gasteiger partial charge in [-0.25, -0.2) is 9.37 Å². The summed E-state index contributed by atoms with van der Waals surface area (Å²) < 4.78 is 17.6. The zero-order valence-electron chi connectivity index (χ0n) is 12.3.